The van der Waals surface area contributed by atoms with Crippen molar-refractivity contribution in [2.75, 3.05) is 7.11 Å². The van der Waals surface area contributed by atoms with Gasteiger partial charge in [-0.2, -0.15) is 0 Å². The van der Waals surface area contributed by atoms with Gasteiger partial charge in [0.1, 0.15) is 6.61 Å². The molecule has 0 bridgehead atoms. The van der Waals surface area contributed by atoms with Crippen molar-refractivity contribution in [2.45, 2.75) is 6.61 Å². The highest BCUT2D eigenvalue weighted by Crippen LogP contribution is 2.15. The Morgan fingerprint density at radius 2 is 1.67 bits per heavy atom. The van der Waals surface area contributed by atoms with Gasteiger partial charge in [-0.3, -0.25) is 0 Å². The third-order valence-corrected chi connectivity index (χ3v) is 3.05. The number of ether oxygens (including phenoxy) is 2. The van der Waals surface area contributed by atoms with Crippen molar-refractivity contribution < 1.29 is 19.1 Å². The number of carbonyl (C=O) groups excluding carboxylic acids is 2. The Kier molecular flexibility index (Phi) is 4.95. The summed E-state index contributed by atoms with van der Waals surface area (Å²) >= 11 is 5.86. The number of halogens is 1. The van der Waals surface area contributed by atoms with Gasteiger partial charge in [0.25, 0.3) is 0 Å². The maximum Gasteiger partial charge on any atom is 0.339 e. The Hall–Kier alpha value is -2.33. The van der Waals surface area contributed by atoms with Crippen LogP contribution < -0.4 is 0 Å². The summed E-state index contributed by atoms with van der Waals surface area (Å²) < 4.78 is 9.84. The van der Waals surface area contributed by atoms with Gasteiger partial charge in [-0.25, -0.2) is 9.59 Å². The molecule has 0 atom stereocenters. The SMILES string of the molecule is COC(=O)c1ccccc1C(=O)OCc1cccc(Cl)c1. The number of hydrogen-bond acceptors (Lipinski definition) is 4. The summed E-state index contributed by atoms with van der Waals surface area (Å²) in [5, 5.41) is 0.568. The molecule has 0 aliphatic rings. The maximum absolute atomic E-state index is 12.1. The van der Waals surface area contributed by atoms with Crippen LogP contribution >= 0.6 is 11.6 Å². The summed E-state index contributed by atoms with van der Waals surface area (Å²) in [5.74, 6) is -1.17. The van der Waals surface area contributed by atoms with E-state index in [2.05, 4.69) is 4.74 Å². The van der Waals surface area contributed by atoms with E-state index >= 15 is 0 Å². The fraction of sp³-hybridized carbons (Fsp3) is 0.125. The van der Waals surface area contributed by atoms with Crippen molar-refractivity contribution >= 4 is 23.5 Å². The van der Waals surface area contributed by atoms with Gasteiger partial charge < -0.3 is 9.47 Å². The molecule has 108 valence electrons. The van der Waals surface area contributed by atoms with Gasteiger partial charge in [0.2, 0.25) is 0 Å². The number of hydrogen-bond donors (Lipinski definition) is 0. The molecule has 5 heteroatoms. The average molecular weight is 305 g/mol. The standard InChI is InChI=1S/C16H13ClO4/c1-20-15(18)13-7-2-3-8-14(13)16(19)21-10-11-5-4-6-12(17)9-11/h2-9H,10H2,1H3. The Bertz CT molecular complexity index is 667. The third-order valence-electron chi connectivity index (χ3n) is 2.81. The first-order valence-corrected chi connectivity index (χ1v) is 6.58. The minimum Gasteiger partial charge on any atom is -0.465 e. The zero-order chi connectivity index (χ0) is 15.2. The topological polar surface area (TPSA) is 52.6 Å². The van der Waals surface area contributed by atoms with Gasteiger partial charge >= 0.3 is 11.9 Å². The second-order valence-corrected chi connectivity index (χ2v) is 4.68. The minimum absolute atomic E-state index is 0.0783. The molecule has 0 radical (unpaired) electrons. The van der Waals surface area contributed by atoms with Crippen LogP contribution in [-0.4, -0.2) is 19.0 Å². The summed E-state index contributed by atoms with van der Waals surface area (Å²) in [6.07, 6.45) is 0. The molecule has 0 saturated heterocycles. The smallest absolute Gasteiger partial charge is 0.339 e. The molecular formula is C16H13ClO4. The third kappa shape index (κ3) is 3.83. The Labute approximate surface area is 127 Å². The molecule has 4 nitrogen and oxygen atoms in total. The van der Waals surface area contributed by atoms with E-state index in [9.17, 15) is 9.59 Å². The van der Waals surface area contributed by atoms with Gasteiger partial charge in [-0.1, -0.05) is 35.9 Å². The highest BCUT2D eigenvalue weighted by molar-refractivity contribution is 6.30. The van der Waals surface area contributed by atoms with Crippen molar-refractivity contribution in [3.8, 4) is 0 Å². The molecular weight excluding hydrogens is 292 g/mol. The molecule has 0 aliphatic heterocycles. The van der Waals surface area contributed by atoms with Crippen LogP contribution in [0.2, 0.25) is 5.02 Å². The normalized spacial score (nSPS) is 10.0. The van der Waals surface area contributed by atoms with Gasteiger partial charge in [-0.15, -0.1) is 0 Å². The lowest BCUT2D eigenvalue weighted by Crippen LogP contribution is -2.12. The van der Waals surface area contributed by atoms with E-state index in [0.29, 0.717) is 5.02 Å². The van der Waals surface area contributed by atoms with Crippen LogP contribution in [0.25, 0.3) is 0 Å². The summed E-state index contributed by atoms with van der Waals surface area (Å²) in [7, 11) is 1.26. The number of rotatable bonds is 4. The molecule has 2 rings (SSSR count). The van der Waals surface area contributed by atoms with Gasteiger partial charge in [0.15, 0.2) is 0 Å². The molecule has 2 aromatic rings. The molecule has 0 saturated carbocycles. The lowest BCUT2D eigenvalue weighted by atomic mass is 10.1. The first-order chi connectivity index (χ1) is 10.1. The molecule has 0 fully saturated rings. The summed E-state index contributed by atoms with van der Waals surface area (Å²) in [4.78, 5) is 23.7. The quantitative estimate of drug-likeness (QED) is 0.811. The van der Waals surface area contributed by atoms with Crippen LogP contribution in [0, 0.1) is 0 Å². The van der Waals surface area contributed by atoms with Crippen molar-refractivity contribution in [2.24, 2.45) is 0 Å². The predicted molar refractivity (Wildman–Crippen MR) is 78.4 cm³/mol. The van der Waals surface area contributed by atoms with Crippen LogP contribution in [0.4, 0.5) is 0 Å². The number of carbonyl (C=O) groups is 2. The molecule has 0 aromatic heterocycles. The Balaban J connectivity index is 2.12. The second kappa shape index (κ2) is 6.90. The van der Waals surface area contributed by atoms with E-state index in [1.165, 1.54) is 19.2 Å². The van der Waals surface area contributed by atoms with E-state index in [-0.39, 0.29) is 17.7 Å². The van der Waals surface area contributed by atoms with Crippen molar-refractivity contribution in [3.63, 3.8) is 0 Å². The zero-order valence-electron chi connectivity index (χ0n) is 11.3. The van der Waals surface area contributed by atoms with Crippen molar-refractivity contribution in [1.82, 2.24) is 0 Å². The zero-order valence-corrected chi connectivity index (χ0v) is 12.1. The highest BCUT2D eigenvalue weighted by atomic mass is 35.5. The molecule has 0 heterocycles. The van der Waals surface area contributed by atoms with E-state index in [1.54, 1.807) is 36.4 Å². The summed E-state index contributed by atoms with van der Waals surface area (Å²) in [5.41, 5.74) is 1.12. The summed E-state index contributed by atoms with van der Waals surface area (Å²) in [6.45, 7) is 0.0783. The predicted octanol–water partition coefficient (Wildman–Crippen LogP) is 3.48. The highest BCUT2D eigenvalue weighted by Gasteiger charge is 2.18. The van der Waals surface area contributed by atoms with Gasteiger partial charge in [0.05, 0.1) is 18.2 Å². The van der Waals surface area contributed by atoms with Crippen LogP contribution in [-0.2, 0) is 16.1 Å². The maximum atomic E-state index is 12.1. The number of benzene rings is 2. The van der Waals surface area contributed by atoms with Crippen LogP contribution in [0.15, 0.2) is 48.5 Å². The van der Waals surface area contributed by atoms with Gasteiger partial charge in [0, 0.05) is 5.02 Å². The van der Waals surface area contributed by atoms with E-state index < -0.39 is 11.9 Å². The fourth-order valence-corrected chi connectivity index (χ4v) is 2.02. The number of esters is 2. The molecule has 0 aliphatic carbocycles. The van der Waals surface area contributed by atoms with Gasteiger partial charge in [-0.05, 0) is 29.8 Å². The van der Waals surface area contributed by atoms with E-state index in [4.69, 9.17) is 16.3 Å². The lowest BCUT2D eigenvalue weighted by Gasteiger charge is -2.08. The lowest BCUT2D eigenvalue weighted by molar-refractivity contribution is 0.0457. The molecule has 21 heavy (non-hydrogen) atoms. The molecule has 2 aromatic carbocycles. The summed E-state index contributed by atoms with van der Waals surface area (Å²) in [6, 6.07) is 13.4. The largest absolute Gasteiger partial charge is 0.465 e. The number of methoxy groups -OCH3 is 1. The fourth-order valence-electron chi connectivity index (χ4n) is 1.80. The van der Waals surface area contributed by atoms with Crippen molar-refractivity contribution in [1.29, 1.82) is 0 Å². The van der Waals surface area contributed by atoms with Crippen LogP contribution in [0.1, 0.15) is 26.3 Å². The molecule has 0 N–H and O–H groups in total. The monoisotopic (exact) mass is 304 g/mol. The molecule has 0 spiro atoms. The first-order valence-electron chi connectivity index (χ1n) is 6.20. The Morgan fingerprint density at radius 3 is 2.29 bits per heavy atom. The van der Waals surface area contributed by atoms with E-state index in [0.717, 1.165) is 5.56 Å². The van der Waals surface area contributed by atoms with Crippen LogP contribution in [0.5, 0.6) is 0 Å². The first kappa shape index (κ1) is 15.1. The van der Waals surface area contributed by atoms with E-state index in [1.807, 2.05) is 0 Å². The molecule has 0 amide bonds. The second-order valence-electron chi connectivity index (χ2n) is 4.24. The molecule has 0 unspecified atom stereocenters. The van der Waals surface area contributed by atoms with Crippen LogP contribution in [0.3, 0.4) is 0 Å². The van der Waals surface area contributed by atoms with Crippen molar-refractivity contribution in [3.05, 3.63) is 70.2 Å². The minimum atomic E-state index is -0.587. The Morgan fingerprint density at radius 1 is 1.00 bits per heavy atom. The average Bonchev–Trinajstić information content (AvgIpc) is 2.52.